The topological polar surface area (TPSA) is 41.1 Å². The summed E-state index contributed by atoms with van der Waals surface area (Å²) in [4.78, 5) is 11.7. The number of carbonyl (C=O) groups is 1. The number of halogens is 2. The van der Waals surface area contributed by atoms with E-state index in [-0.39, 0.29) is 0 Å². The standard InChI is InChI=1S/C13H16F2N2O/c14-10-2-1-3-11(15)12(10)13(18)17-8-9-4-6-16-7-5-9/h1-3,9,16H,4-8H2,(H,17,18). The van der Waals surface area contributed by atoms with Crippen LogP contribution in [-0.2, 0) is 0 Å². The van der Waals surface area contributed by atoms with Crippen LogP contribution in [0.5, 0.6) is 0 Å². The Hall–Kier alpha value is -1.49. The van der Waals surface area contributed by atoms with E-state index in [1.165, 1.54) is 6.07 Å². The molecule has 1 aromatic carbocycles. The molecule has 0 spiro atoms. The molecule has 0 radical (unpaired) electrons. The van der Waals surface area contributed by atoms with E-state index in [1.54, 1.807) is 0 Å². The summed E-state index contributed by atoms with van der Waals surface area (Å²) in [7, 11) is 0. The third-order valence-electron chi connectivity index (χ3n) is 3.20. The average molecular weight is 254 g/mol. The predicted molar refractivity (Wildman–Crippen MR) is 64.3 cm³/mol. The molecule has 2 rings (SSSR count). The molecular formula is C13H16F2N2O. The van der Waals surface area contributed by atoms with Gasteiger partial charge in [-0.05, 0) is 44.0 Å². The molecule has 5 heteroatoms. The highest BCUT2D eigenvalue weighted by molar-refractivity contribution is 5.94. The molecule has 1 fully saturated rings. The van der Waals surface area contributed by atoms with Crippen molar-refractivity contribution in [3.63, 3.8) is 0 Å². The zero-order valence-electron chi connectivity index (χ0n) is 10.0. The van der Waals surface area contributed by atoms with Crippen molar-refractivity contribution in [2.75, 3.05) is 19.6 Å². The number of hydrogen-bond donors (Lipinski definition) is 2. The number of piperidine rings is 1. The van der Waals surface area contributed by atoms with Crippen LogP contribution >= 0.6 is 0 Å². The molecule has 2 N–H and O–H groups in total. The molecule has 0 saturated carbocycles. The zero-order valence-corrected chi connectivity index (χ0v) is 10.0. The quantitative estimate of drug-likeness (QED) is 0.862. The van der Waals surface area contributed by atoms with Gasteiger partial charge in [0.2, 0.25) is 0 Å². The van der Waals surface area contributed by atoms with Gasteiger partial charge in [-0.2, -0.15) is 0 Å². The van der Waals surface area contributed by atoms with E-state index in [0.717, 1.165) is 38.1 Å². The van der Waals surface area contributed by atoms with E-state index in [1.807, 2.05) is 0 Å². The zero-order chi connectivity index (χ0) is 13.0. The Labute approximate surface area is 105 Å². The smallest absolute Gasteiger partial charge is 0.257 e. The van der Waals surface area contributed by atoms with Gasteiger partial charge in [-0.1, -0.05) is 6.07 Å². The second kappa shape index (κ2) is 5.91. The van der Waals surface area contributed by atoms with E-state index in [0.29, 0.717) is 12.5 Å². The van der Waals surface area contributed by atoms with Crippen molar-refractivity contribution in [1.29, 1.82) is 0 Å². The van der Waals surface area contributed by atoms with Gasteiger partial charge in [-0.25, -0.2) is 8.78 Å². The molecule has 0 unspecified atom stereocenters. The van der Waals surface area contributed by atoms with Crippen molar-refractivity contribution in [3.05, 3.63) is 35.4 Å². The first-order valence-electron chi connectivity index (χ1n) is 6.11. The van der Waals surface area contributed by atoms with Crippen molar-refractivity contribution in [2.24, 2.45) is 5.92 Å². The fourth-order valence-corrected chi connectivity index (χ4v) is 2.13. The third-order valence-corrected chi connectivity index (χ3v) is 3.20. The minimum atomic E-state index is -0.821. The molecular weight excluding hydrogens is 238 g/mol. The first kappa shape index (κ1) is 13.0. The lowest BCUT2D eigenvalue weighted by Gasteiger charge is -2.22. The number of hydrogen-bond acceptors (Lipinski definition) is 2. The van der Waals surface area contributed by atoms with Crippen LogP contribution in [0.2, 0.25) is 0 Å². The van der Waals surface area contributed by atoms with Crippen LogP contribution in [0.25, 0.3) is 0 Å². The van der Waals surface area contributed by atoms with Crippen LogP contribution in [0.1, 0.15) is 23.2 Å². The fourth-order valence-electron chi connectivity index (χ4n) is 2.13. The summed E-state index contributed by atoms with van der Waals surface area (Å²) in [5, 5.41) is 5.82. The summed E-state index contributed by atoms with van der Waals surface area (Å²) in [5.41, 5.74) is -0.494. The Bertz CT molecular complexity index is 411. The summed E-state index contributed by atoms with van der Waals surface area (Å²) in [5.74, 6) is -1.94. The average Bonchev–Trinajstić information content (AvgIpc) is 2.37. The summed E-state index contributed by atoms with van der Waals surface area (Å²) >= 11 is 0. The highest BCUT2D eigenvalue weighted by Crippen LogP contribution is 2.13. The Balaban J connectivity index is 1.95. The van der Waals surface area contributed by atoms with Crippen LogP contribution in [-0.4, -0.2) is 25.5 Å². The Morgan fingerprint density at radius 1 is 1.28 bits per heavy atom. The maximum atomic E-state index is 13.4. The summed E-state index contributed by atoms with van der Waals surface area (Å²) < 4.78 is 26.7. The Morgan fingerprint density at radius 3 is 2.50 bits per heavy atom. The summed E-state index contributed by atoms with van der Waals surface area (Å²) in [6, 6.07) is 3.42. The molecule has 18 heavy (non-hydrogen) atoms. The molecule has 1 saturated heterocycles. The largest absolute Gasteiger partial charge is 0.352 e. The van der Waals surface area contributed by atoms with Crippen molar-refractivity contribution in [1.82, 2.24) is 10.6 Å². The highest BCUT2D eigenvalue weighted by Gasteiger charge is 2.19. The maximum Gasteiger partial charge on any atom is 0.257 e. The number of nitrogens with one attached hydrogen (secondary N) is 2. The summed E-state index contributed by atoms with van der Waals surface area (Å²) in [6.07, 6.45) is 1.94. The SMILES string of the molecule is O=C(NCC1CCNCC1)c1c(F)cccc1F. The maximum absolute atomic E-state index is 13.4. The van der Waals surface area contributed by atoms with Gasteiger partial charge in [-0.3, -0.25) is 4.79 Å². The molecule has 0 aliphatic carbocycles. The third kappa shape index (κ3) is 3.04. The highest BCUT2D eigenvalue weighted by atomic mass is 19.1. The molecule has 3 nitrogen and oxygen atoms in total. The van der Waals surface area contributed by atoms with Crippen molar-refractivity contribution in [3.8, 4) is 0 Å². The first-order chi connectivity index (χ1) is 8.68. The van der Waals surface area contributed by atoms with Crippen molar-refractivity contribution < 1.29 is 13.6 Å². The molecule has 1 aromatic rings. The van der Waals surface area contributed by atoms with Gasteiger partial charge < -0.3 is 10.6 Å². The number of benzene rings is 1. The minimum absolute atomic E-state index is 0.380. The van der Waals surface area contributed by atoms with Crippen molar-refractivity contribution >= 4 is 5.91 Å². The number of rotatable bonds is 3. The van der Waals surface area contributed by atoms with Gasteiger partial charge in [0.1, 0.15) is 17.2 Å². The van der Waals surface area contributed by atoms with E-state index >= 15 is 0 Å². The van der Waals surface area contributed by atoms with Gasteiger partial charge in [0.15, 0.2) is 0 Å². The first-order valence-corrected chi connectivity index (χ1v) is 6.11. The van der Waals surface area contributed by atoms with Gasteiger partial charge in [0, 0.05) is 6.54 Å². The molecule has 0 atom stereocenters. The van der Waals surface area contributed by atoms with E-state index in [9.17, 15) is 13.6 Å². The van der Waals surface area contributed by atoms with Gasteiger partial charge >= 0.3 is 0 Å². The second-order valence-corrected chi connectivity index (χ2v) is 4.50. The van der Waals surface area contributed by atoms with E-state index in [4.69, 9.17) is 0 Å². The molecule has 0 aromatic heterocycles. The van der Waals surface area contributed by atoms with Gasteiger partial charge in [0.05, 0.1) is 0 Å². The van der Waals surface area contributed by atoms with Gasteiger partial charge in [-0.15, -0.1) is 0 Å². The van der Waals surface area contributed by atoms with Gasteiger partial charge in [0.25, 0.3) is 5.91 Å². The number of amides is 1. The lowest BCUT2D eigenvalue weighted by Crippen LogP contribution is -2.36. The van der Waals surface area contributed by atoms with Crippen LogP contribution < -0.4 is 10.6 Å². The Kier molecular flexibility index (Phi) is 4.25. The van der Waals surface area contributed by atoms with Crippen LogP contribution in [0.15, 0.2) is 18.2 Å². The van der Waals surface area contributed by atoms with E-state index < -0.39 is 23.1 Å². The molecule has 98 valence electrons. The predicted octanol–water partition coefficient (Wildman–Crippen LogP) is 1.69. The van der Waals surface area contributed by atoms with Crippen LogP contribution in [0.4, 0.5) is 8.78 Å². The normalized spacial score (nSPS) is 16.6. The lowest BCUT2D eigenvalue weighted by atomic mass is 9.98. The monoisotopic (exact) mass is 254 g/mol. The van der Waals surface area contributed by atoms with E-state index in [2.05, 4.69) is 10.6 Å². The minimum Gasteiger partial charge on any atom is -0.352 e. The van der Waals surface area contributed by atoms with Crippen LogP contribution in [0, 0.1) is 17.6 Å². The summed E-state index contributed by atoms with van der Waals surface area (Å²) in [6.45, 7) is 2.32. The molecule has 1 aliphatic heterocycles. The second-order valence-electron chi connectivity index (χ2n) is 4.50. The molecule has 1 heterocycles. The van der Waals surface area contributed by atoms with Crippen molar-refractivity contribution in [2.45, 2.75) is 12.8 Å². The fraction of sp³-hybridized carbons (Fsp3) is 0.462. The lowest BCUT2D eigenvalue weighted by molar-refractivity contribution is 0.0935. The molecule has 1 amide bonds. The number of carbonyl (C=O) groups excluding carboxylic acids is 1. The molecule has 1 aliphatic rings. The molecule has 0 bridgehead atoms. The Morgan fingerprint density at radius 2 is 1.89 bits per heavy atom. The van der Waals surface area contributed by atoms with Crippen LogP contribution in [0.3, 0.4) is 0 Å².